The molecule has 1 aromatic carbocycles. The highest BCUT2D eigenvalue weighted by Gasteiger charge is 2.11. The fourth-order valence-corrected chi connectivity index (χ4v) is 2.74. The van der Waals surface area contributed by atoms with Crippen molar-refractivity contribution in [3.05, 3.63) is 23.8 Å². The van der Waals surface area contributed by atoms with Crippen LogP contribution in [0.5, 0.6) is 0 Å². The van der Waals surface area contributed by atoms with Crippen LogP contribution in [-0.2, 0) is 16.3 Å². The zero-order valence-electron chi connectivity index (χ0n) is 10.9. The second-order valence-corrected chi connectivity index (χ2v) is 7.18. The molecule has 100 valence electrons. The summed E-state index contributed by atoms with van der Waals surface area (Å²) in [5.41, 5.74) is 3.62. The summed E-state index contributed by atoms with van der Waals surface area (Å²) < 4.78 is 22.3. The number of hydrogen-bond donors (Lipinski definition) is 1. The largest absolute Gasteiger partial charge is 0.385 e. The number of sulfone groups is 1. The van der Waals surface area contributed by atoms with Gasteiger partial charge in [0.2, 0.25) is 0 Å². The van der Waals surface area contributed by atoms with Gasteiger partial charge in [-0.2, -0.15) is 0 Å². The number of aryl methyl sites for hydroxylation is 1. The van der Waals surface area contributed by atoms with Crippen molar-refractivity contribution in [3.8, 4) is 0 Å². The van der Waals surface area contributed by atoms with Crippen LogP contribution < -0.4 is 10.2 Å². The van der Waals surface area contributed by atoms with Crippen LogP contribution in [0.15, 0.2) is 18.2 Å². The van der Waals surface area contributed by atoms with Crippen molar-refractivity contribution in [1.29, 1.82) is 0 Å². The third kappa shape index (κ3) is 3.38. The van der Waals surface area contributed by atoms with Gasteiger partial charge in [-0.3, -0.25) is 0 Å². The number of nitrogens with zero attached hydrogens (tertiary/aromatic N) is 1. The van der Waals surface area contributed by atoms with Gasteiger partial charge in [0.1, 0.15) is 9.84 Å². The molecule has 2 rings (SSSR count). The normalized spacial score (nSPS) is 14.8. The maximum Gasteiger partial charge on any atom is 0.149 e. The van der Waals surface area contributed by atoms with E-state index in [1.807, 2.05) is 18.0 Å². The first kappa shape index (κ1) is 13.2. The van der Waals surface area contributed by atoms with Gasteiger partial charge in [-0.25, -0.2) is 8.42 Å². The lowest BCUT2D eigenvalue weighted by Gasteiger charge is -2.23. The average molecular weight is 268 g/mol. The minimum atomic E-state index is -2.90. The molecule has 1 N–H and O–H groups in total. The van der Waals surface area contributed by atoms with E-state index in [1.165, 1.54) is 17.5 Å². The van der Waals surface area contributed by atoms with Gasteiger partial charge in [0.25, 0.3) is 0 Å². The standard InChI is InChI=1S/C13H20N2O2S/c1-15(8-9-18(2,16)17)12-5-6-13-11(10-12)4-3-7-14-13/h5-6,10,14H,3-4,7-9H2,1-2H3. The van der Waals surface area contributed by atoms with E-state index in [-0.39, 0.29) is 5.75 Å². The SMILES string of the molecule is CN(CCS(C)(=O)=O)c1ccc2c(c1)CCCN2. The maximum atomic E-state index is 11.2. The Kier molecular flexibility index (Phi) is 3.80. The molecule has 0 unspecified atom stereocenters. The molecule has 0 fully saturated rings. The van der Waals surface area contributed by atoms with Crippen LogP contribution in [0.2, 0.25) is 0 Å². The van der Waals surface area contributed by atoms with E-state index < -0.39 is 9.84 Å². The number of fused-ring (bicyclic) bond motifs is 1. The van der Waals surface area contributed by atoms with Gasteiger partial charge in [0, 0.05) is 37.8 Å². The quantitative estimate of drug-likeness (QED) is 0.899. The van der Waals surface area contributed by atoms with Gasteiger partial charge in [-0.1, -0.05) is 0 Å². The maximum absolute atomic E-state index is 11.2. The van der Waals surface area contributed by atoms with Crippen molar-refractivity contribution in [3.63, 3.8) is 0 Å². The number of anilines is 2. The fraction of sp³-hybridized carbons (Fsp3) is 0.538. The van der Waals surface area contributed by atoms with Crippen LogP contribution in [0, 0.1) is 0 Å². The fourth-order valence-electron chi connectivity index (χ4n) is 2.13. The highest BCUT2D eigenvalue weighted by Crippen LogP contribution is 2.26. The zero-order chi connectivity index (χ0) is 13.2. The van der Waals surface area contributed by atoms with Gasteiger partial charge < -0.3 is 10.2 Å². The van der Waals surface area contributed by atoms with Crippen molar-refractivity contribution < 1.29 is 8.42 Å². The smallest absolute Gasteiger partial charge is 0.149 e. The first-order chi connectivity index (χ1) is 8.46. The van der Waals surface area contributed by atoms with Crippen molar-refractivity contribution in [1.82, 2.24) is 0 Å². The minimum Gasteiger partial charge on any atom is -0.385 e. The average Bonchev–Trinajstić information content (AvgIpc) is 2.34. The predicted octanol–water partition coefficient (Wildman–Crippen LogP) is 1.53. The second kappa shape index (κ2) is 5.18. The molecule has 0 saturated heterocycles. The lowest BCUT2D eigenvalue weighted by atomic mass is 10.0. The first-order valence-corrected chi connectivity index (χ1v) is 8.27. The number of hydrogen-bond acceptors (Lipinski definition) is 4. The van der Waals surface area contributed by atoms with Crippen molar-refractivity contribution in [2.75, 3.05) is 42.4 Å². The van der Waals surface area contributed by atoms with E-state index in [1.54, 1.807) is 0 Å². The summed E-state index contributed by atoms with van der Waals surface area (Å²) in [6.07, 6.45) is 3.53. The van der Waals surface area contributed by atoms with E-state index in [0.29, 0.717) is 6.54 Å². The van der Waals surface area contributed by atoms with Crippen LogP contribution in [-0.4, -0.2) is 40.6 Å². The summed E-state index contributed by atoms with van der Waals surface area (Å²) in [6.45, 7) is 1.57. The lowest BCUT2D eigenvalue weighted by molar-refractivity contribution is 0.601. The number of benzene rings is 1. The van der Waals surface area contributed by atoms with Crippen LogP contribution in [0.3, 0.4) is 0 Å². The molecule has 0 amide bonds. The molecule has 0 radical (unpaired) electrons. The lowest BCUT2D eigenvalue weighted by Crippen LogP contribution is -2.25. The van der Waals surface area contributed by atoms with Crippen molar-refractivity contribution >= 4 is 21.2 Å². The second-order valence-electron chi connectivity index (χ2n) is 4.92. The Labute approximate surface area is 109 Å². The Morgan fingerprint density at radius 2 is 2.17 bits per heavy atom. The Bertz CT molecular complexity index is 526. The van der Waals surface area contributed by atoms with Gasteiger partial charge in [0.15, 0.2) is 0 Å². The minimum absolute atomic E-state index is 0.193. The van der Waals surface area contributed by atoms with Crippen molar-refractivity contribution in [2.45, 2.75) is 12.8 Å². The predicted molar refractivity (Wildman–Crippen MR) is 76.2 cm³/mol. The monoisotopic (exact) mass is 268 g/mol. The van der Waals surface area contributed by atoms with Crippen LogP contribution in [0.4, 0.5) is 11.4 Å². The Balaban J connectivity index is 2.08. The highest BCUT2D eigenvalue weighted by molar-refractivity contribution is 7.90. The molecule has 0 spiro atoms. The van der Waals surface area contributed by atoms with Gasteiger partial charge >= 0.3 is 0 Å². The van der Waals surface area contributed by atoms with E-state index >= 15 is 0 Å². The van der Waals surface area contributed by atoms with Crippen LogP contribution in [0.1, 0.15) is 12.0 Å². The van der Waals surface area contributed by atoms with E-state index in [4.69, 9.17) is 0 Å². The molecule has 1 aromatic rings. The van der Waals surface area contributed by atoms with Gasteiger partial charge in [0.05, 0.1) is 5.75 Å². The molecule has 0 aromatic heterocycles. The van der Waals surface area contributed by atoms with Crippen LogP contribution in [0.25, 0.3) is 0 Å². The van der Waals surface area contributed by atoms with Gasteiger partial charge in [-0.05, 0) is 36.6 Å². The molecule has 0 atom stereocenters. The molecular formula is C13H20N2O2S. The highest BCUT2D eigenvalue weighted by atomic mass is 32.2. The number of rotatable bonds is 4. The summed E-state index contributed by atoms with van der Waals surface area (Å²) in [5.74, 6) is 0.193. The molecular weight excluding hydrogens is 248 g/mol. The summed E-state index contributed by atoms with van der Waals surface area (Å²) in [5, 5.41) is 3.37. The molecule has 4 nitrogen and oxygen atoms in total. The molecule has 18 heavy (non-hydrogen) atoms. The molecule has 1 aliphatic heterocycles. The van der Waals surface area contributed by atoms with E-state index in [2.05, 4.69) is 17.4 Å². The molecule has 0 aliphatic carbocycles. The van der Waals surface area contributed by atoms with Gasteiger partial charge in [-0.15, -0.1) is 0 Å². The van der Waals surface area contributed by atoms with Crippen LogP contribution >= 0.6 is 0 Å². The van der Waals surface area contributed by atoms with E-state index in [9.17, 15) is 8.42 Å². The summed E-state index contributed by atoms with van der Waals surface area (Å²) in [7, 11) is -0.965. The Morgan fingerprint density at radius 3 is 2.89 bits per heavy atom. The molecule has 0 saturated carbocycles. The Morgan fingerprint density at radius 1 is 1.39 bits per heavy atom. The number of nitrogens with one attached hydrogen (secondary N) is 1. The first-order valence-electron chi connectivity index (χ1n) is 6.21. The summed E-state index contributed by atoms with van der Waals surface area (Å²) in [4.78, 5) is 2.00. The third-order valence-electron chi connectivity index (χ3n) is 3.27. The molecule has 5 heteroatoms. The van der Waals surface area contributed by atoms with Crippen molar-refractivity contribution in [2.24, 2.45) is 0 Å². The zero-order valence-corrected chi connectivity index (χ0v) is 11.8. The topological polar surface area (TPSA) is 49.4 Å². The van der Waals surface area contributed by atoms with E-state index in [0.717, 1.165) is 25.1 Å². The third-order valence-corrected chi connectivity index (χ3v) is 4.19. The molecule has 0 bridgehead atoms. The summed E-state index contributed by atoms with van der Waals surface area (Å²) in [6, 6.07) is 6.28. The Hall–Kier alpha value is -1.23. The summed E-state index contributed by atoms with van der Waals surface area (Å²) >= 11 is 0. The molecule has 1 aliphatic rings. The molecule has 1 heterocycles.